The fourth-order valence-electron chi connectivity index (χ4n) is 4.04. The fourth-order valence-corrected chi connectivity index (χ4v) is 4.04. The van der Waals surface area contributed by atoms with E-state index in [-0.39, 0.29) is 0 Å². The minimum atomic E-state index is 0.761. The van der Waals surface area contributed by atoms with E-state index in [1.807, 2.05) is 84.9 Å². The minimum absolute atomic E-state index is 0.761. The predicted octanol–water partition coefficient (Wildman–Crippen LogP) is 9.34. The van der Waals surface area contributed by atoms with Gasteiger partial charge in [0.2, 0.25) is 0 Å². The monoisotopic (exact) mass is 480 g/mol. The van der Waals surface area contributed by atoms with Gasteiger partial charge in [-0.15, -0.1) is 0 Å². The van der Waals surface area contributed by atoms with Gasteiger partial charge >= 0.3 is 0 Å². The van der Waals surface area contributed by atoms with Crippen LogP contribution in [0.4, 0.5) is 0 Å². The van der Waals surface area contributed by atoms with Crippen molar-refractivity contribution < 1.29 is 9.47 Å². The van der Waals surface area contributed by atoms with E-state index < -0.39 is 0 Å². The van der Waals surface area contributed by atoms with Crippen LogP contribution in [-0.4, -0.2) is 0 Å². The van der Waals surface area contributed by atoms with Gasteiger partial charge in [0.05, 0.1) is 0 Å². The van der Waals surface area contributed by atoms with Crippen LogP contribution in [-0.2, 0) is 0 Å². The maximum absolute atomic E-state index is 5.85. The predicted molar refractivity (Wildman–Crippen MR) is 152 cm³/mol. The molecule has 0 atom stereocenters. The molecule has 0 spiro atoms. The quantitative estimate of drug-likeness (QED) is 0.241. The van der Waals surface area contributed by atoms with Crippen LogP contribution in [0.2, 0.25) is 0 Å². The first kappa shape index (κ1) is 23.9. The highest BCUT2D eigenvalue weighted by molar-refractivity contribution is 5.72. The van der Waals surface area contributed by atoms with Crippen molar-refractivity contribution in [3.05, 3.63) is 169 Å². The van der Waals surface area contributed by atoms with Gasteiger partial charge in [-0.3, -0.25) is 0 Å². The molecule has 0 aromatic heterocycles. The molecule has 6 rings (SSSR count). The van der Waals surface area contributed by atoms with Gasteiger partial charge in [0.15, 0.2) is 11.5 Å². The van der Waals surface area contributed by atoms with Crippen LogP contribution < -0.4 is 9.47 Å². The van der Waals surface area contributed by atoms with Gasteiger partial charge in [-0.1, -0.05) is 121 Å². The lowest BCUT2D eigenvalue weighted by atomic mass is 9.99. The van der Waals surface area contributed by atoms with Crippen LogP contribution >= 0.6 is 0 Å². The SMILES string of the molecule is C1=CC(Oc2ccccc2)=C(Oc2ccccc2)C1.c1ccc(-c2cccc(-c3ccccc3)c2)cc1. The summed E-state index contributed by atoms with van der Waals surface area (Å²) in [6, 6.07) is 49.1. The largest absolute Gasteiger partial charge is 0.458 e. The highest BCUT2D eigenvalue weighted by Gasteiger charge is 2.13. The molecule has 0 saturated heterocycles. The van der Waals surface area contributed by atoms with Crippen molar-refractivity contribution in [2.24, 2.45) is 0 Å². The zero-order valence-corrected chi connectivity index (χ0v) is 20.5. The van der Waals surface area contributed by atoms with Gasteiger partial charge in [-0.05, 0) is 58.7 Å². The molecule has 0 heterocycles. The van der Waals surface area contributed by atoms with Crippen LogP contribution in [0, 0.1) is 0 Å². The van der Waals surface area contributed by atoms with Crippen LogP contribution in [0.3, 0.4) is 0 Å². The van der Waals surface area contributed by atoms with Gasteiger partial charge in [-0.2, -0.15) is 0 Å². The molecule has 180 valence electrons. The van der Waals surface area contributed by atoms with E-state index >= 15 is 0 Å². The molecule has 1 aliphatic carbocycles. The zero-order valence-electron chi connectivity index (χ0n) is 20.5. The van der Waals surface area contributed by atoms with Crippen molar-refractivity contribution in [1.82, 2.24) is 0 Å². The number of para-hydroxylation sites is 2. The molecule has 0 bridgehead atoms. The zero-order chi connectivity index (χ0) is 25.1. The molecule has 5 aromatic rings. The summed E-state index contributed by atoms with van der Waals surface area (Å²) in [4.78, 5) is 0. The molecule has 2 heteroatoms. The molecule has 37 heavy (non-hydrogen) atoms. The molecule has 0 fully saturated rings. The molecular formula is C35H28O2. The van der Waals surface area contributed by atoms with Gasteiger partial charge in [0.1, 0.15) is 11.5 Å². The highest BCUT2D eigenvalue weighted by Crippen LogP contribution is 2.27. The normalized spacial score (nSPS) is 12.0. The third kappa shape index (κ3) is 6.65. The van der Waals surface area contributed by atoms with Crippen LogP contribution in [0.1, 0.15) is 6.42 Å². The summed E-state index contributed by atoms with van der Waals surface area (Å²) in [5.74, 6) is 3.26. The molecule has 5 aromatic carbocycles. The lowest BCUT2D eigenvalue weighted by molar-refractivity contribution is 0.359. The number of ether oxygens (including phenoxy) is 2. The Hall–Kier alpha value is -4.82. The Kier molecular flexibility index (Phi) is 7.90. The van der Waals surface area contributed by atoms with Gasteiger partial charge in [-0.25, -0.2) is 0 Å². The van der Waals surface area contributed by atoms with E-state index in [4.69, 9.17) is 9.47 Å². The smallest absolute Gasteiger partial charge is 0.165 e. The van der Waals surface area contributed by atoms with E-state index in [1.165, 1.54) is 22.3 Å². The molecular weight excluding hydrogens is 452 g/mol. The second kappa shape index (κ2) is 12.2. The van der Waals surface area contributed by atoms with E-state index in [0.29, 0.717) is 0 Å². The first-order valence-corrected chi connectivity index (χ1v) is 12.4. The summed E-state index contributed by atoms with van der Waals surface area (Å²) < 4.78 is 11.7. The Morgan fingerprint density at radius 1 is 0.405 bits per heavy atom. The number of hydrogen-bond acceptors (Lipinski definition) is 2. The van der Waals surface area contributed by atoms with Crippen molar-refractivity contribution in [2.75, 3.05) is 0 Å². The standard InChI is InChI=1S/C18H14.C17H14O2/c1-3-8-15(9-4-1)17-12-7-13-18(14-17)16-10-5-2-6-11-16;1-3-8-14(9-4-1)18-16-12-7-13-17(16)19-15-10-5-2-6-11-15/h1-14H;1-12H,13H2. The second-order valence-corrected chi connectivity index (χ2v) is 8.54. The number of rotatable bonds is 6. The van der Waals surface area contributed by atoms with Gasteiger partial charge < -0.3 is 9.47 Å². The van der Waals surface area contributed by atoms with Crippen molar-refractivity contribution in [3.63, 3.8) is 0 Å². The third-order valence-electron chi connectivity index (χ3n) is 5.88. The summed E-state index contributed by atoms with van der Waals surface area (Å²) in [5.41, 5.74) is 5.04. The first-order chi connectivity index (χ1) is 18.3. The van der Waals surface area contributed by atoms with Crippen LogP contribution in [0.5, 0.6) is 11.5 Å². The molecule has 0 N–H and O–H groups in total. The molecule has 0 radical (unpaired) electrons. The van der Waals surface area contributed by atoms with Gasteiger partial charge in [0, 0.05) is 6.42 Å². The fraction of sp³-hybridized carbons (Fsp3) is 0.0286. The Morgan fingerprint density at radius 3 is 1.35 bits per heavy atom. The summed E-state index contributed by atoms with van der Waals surface area (Å²) in [7, 11) is 0. The van der Waals surface area contributed by atoms with Crippen molar-refractivity contribution in [1.29, 1.82) is 0 Å². The summed E-state index contributed by atoms with van der Waals surface area (Å²) in [5, 5.41) is 0. The maximum Gasteiger partial charge on any atom is 0.165 e. The highest BCUT2D eigenvalue weighted by atomic mass is 16.5. The Morgan fingerprint density at radius 2 is 0.838 bits per heavy atom. The maximum atomic E-state index is 5.85. The van der Waals surface area contributed by atoms with E-state index in [9.17, 15) is 0 Å². The molecule has 0 saturated carbocycles. The topological polar surface area (TPSA) is 18.5 Å². The first-order valence-electron chi connectivity index (χ1n) is 12.4. The molecule has 1 aliphatic rings. The van der Waals surface area contributed by atoms with Crippen molar-refractivity contribution >= 4 is 0 Å². The van der Waals surface area contributed by atoms with Gasteiger partial charge in [0.25, 0.3) is 0 Å². The molecule has 2 nitrogen and oxygen atoms in total. The summed E-state index contributed by atoms with van der Waals surface area (Å²) >= 11 is 0. The summed E-state index contributed by atoms with van der Waals surface area (Å²) in [6.07, 6.45) is 4.75. The second-order valence-electron chi connectivity index (χ2n) is 8.54. The Labute approximate surface area is 218 Å². The van der Waals surface area contributed by atoms with E-state index in [1.54, 1.807) is 0 Å². The Balaban J connectivity index is 0.000000152. The van der Waals surface area contributed by atoms with Crippen LogP contribution in [0.25, 0.3) is 22.3 Å². The van der Waals surface area contributed by atoms with E-state index in [2.05, 4.69) is 72.8 Å². The molecule has 0 unspecified atom stereocenters. The van der Waals surface area contributed by atoms with Crippen molar-refractivity contribution in [2.45, 2.75) is 6.42 Å². The number of allylic oxidation sites excluding steroid dienone is 2. The number of benzene rings is 5. The number of hydrogen-bond donors (Lipinski definition) is 0. The Bertz CT molecular complexity index is 1400. The van der Waals surface area contributed by atoms with E-state index in [0.717, 1.165) is 29.4 Å². The lowest BCUT2D eigenvalue weighted by Gasteiger charge is -2.10. The average Bonchev–Trinajstić information content (AvgIpc) is 3.41. The minimum Gasteiger partial charge on any atom is -0.458 e. The van der Waals surface area contributed by atoms with Crippen LogP contribution in [0.15, 0.2) is 169 Å². The molecule has 0 aliphatic heterocycles. The lowest BCUT2D eigenvalue weighted by Crippen LogP contribution is -2.00. The average molecular weight is 481 g/mol. The molecule has 0 amide bonds. The third-order valence-corrected chi connectivity index (χ3v) is 5.88. The van der Waals surface area contributed by atoms with Crippen molar-refractivity contribution in [3.8, 4) is 33.8 Å². The summed E-state index contributed by atoms with van der Waals surface area (Å²) in [6.45, 7) is 0.